The van der Waals surface area contributed by atoms with E-state index in [1.54, 1.807) is 0 Å². The summed E-state index contributed by atoms with van der Waals surface area (Å²) in [4.78, 5) is 38.3. The van der Waals surface area contributed by atoms with Crippen molar-refractivity contribution < 1.29 is 28.6 Å². The van der Waals surface area contributed by atoms with Gasteiger partial charge in [0.1, 0.15) is 13.2 Å². The van der Waals surface area contributed by atoms with Crippen molar-refractivity contribution in [2.75, 3.05) is 13.2 Å². The lowest BCUT2D eigenvalue weighted by Gasteiger charge is -2.18. The molecule has 0 fully saturated rings. The van der Waals surface area contributed by atoms with Gasteiger partial charge in [-0.1, -0.05) is 309 Å². The van der Waals surface area contributed by atoms with Gasteiger partial charge < -0.3 is 14.2 Å². The Labute approximate surface area is 513 Å². The summed E-state index contributed by atoms with van der Waals surface area (Å²) in [7, 11) is 0. The lowest BCUT2D eigenvalue weighted by atomic mass is 10.0. The lowest BCUT2D eigenvalue weighted by Crippen LogP contribution is -2.30. The highest BCUT2D eigenvalue weighted by Gasteiger charge is 2.19. The maximum Gasteiger partial charge on any atom is 0.306 e. The smallest absolute Gasteiger partial charge is 0.306 e. The molecule has 0 spiro atoms. The van der Waals surface area contributed by atoms with Gasteiger partial charge in [0.15, 0.2) is 6.10 Å². The molecule has 0 aromatic rings. The van der Waals surface area contributed by atoms with Gasteiger partial charge in [-0.25, -0.2) is 0 Å². The lowest BCUT2D eigenvalue weighted by molar-refractivity contribution is -0.167. The molecular weight excluding hydrogens is 1020 g/mol. The predicted molar refractivity (Wildman–Crippen MR) is 362 cm³/mol. The van der Waals surface area contributed by atoms with Crippen LogP contribution < -0.4 is 0 Å². The van der Waals surface area contributed by atoms with Crippen molar-refractivity contribution in [2.45, 2.75) is 335 Å². The molecule has 474 valence electrons. The molecule has 0 amide bonds. The summed E-state index contributed by atoms with van der Waals surface area (Å²) in [5.74, 6) is -1.01. The van der Waals surface area contributed by atoms with Gasteiger partial charge in [0, 0.05) is 19.3 Å². The van der Waals surface area contributed by atoms with Crippen LogP contribution in [0.2, 0.25) is 0 Å². The summed E-state index contributed by atoms with van der Waals surface area (Å²) in [5.41, 5.74) is 0. The minimum Gasteiger partial charge on any atom is -0.462 e. The standard InChI is InChI=1S/C77H130O6/c1-4-7-10-13-16-19-22-25-28-30-31-32-33-34-35-36-37-38-39-40-41-42-43-44-45-47-49-52-55-58-61-64-67-70-76(79)82-73-74(72-81-75(78)69-66-63-60-57-54-51-48-27-24-21-18-15-12-9-6-3)83-77(80)71-68-65-62-59-56-53-50-46-29-26-23-20-17-14-11-8-5-2/h8-9,11-12,17-18,20-21,26-27,29-31,48,50,53-54,57,59,62,74H,4-7,10,13-16,19,22-25,28,32-47,49,51-52,55-56,58,60-61,63-73H2,1-3H3/b11-8-,12-9-,20-17-,21-18-,29-26-,31-30-,48-27-,53-50-,57-54-,62-59-. The minimum atomic E-state index is -0.828. The number of allylic oxidation sites excluding steroid dienone is 20. The van der Waals surface area contributed by atoms with E-state index in [1.165, 1.54) is 180 Å². The Kier molecular flexibility index (Phi) is 66.7. The van der Waals surface area contributed by atoms with E-state index in [0.29, 0.717) is 25.7 Å². The van der Waals surface area contributed by atoms with Gasteiger partial charge >= 0.3 is 17.9 Å². The van der Waals surface area contributed by atoms with Crippen LogP contribution in [-0.4, -0.2) is 37.2 Å². The number of rotatable bonds is 63. The maximum atomic E-state index is 12.9. The van der Waals surface area contributed by atoms with Crippen molar-refractivity contribution >= 4 is 17.9 Å². The summed E-state index contributed by atoms with van der Waals surface area (Å²) in [6.07, 6.45) is 98.3. The van der Waals surface area contributed by atoms with Crippen LogP contribution in [0.25, 0.3) is 0 Å². The third-order valence-electron chi connectivity index (χ3n) is 14.9. The van der Waals surface area contributed by atoms with Gasteiger partial charge in [-0.15, -0.1) is 0 Å². The Hall–Kier alpha value is -4.19. The molecule has 1 unspecified atom stereocenters. The van der Waals surface area contributed by atoms with E-state index in [1.807, 2.05) is 0 Å². The fraction of sp³-hybridized carbons (Fsp3) is 0.701. The molecule has 0 rings (SSSR count). The average Bonchev–Trinajstić information content (AvgIpc) is 3.49. The number of carbonyl (C=O) groups is 3. The number of carbonyl (C=O) groups excluding carboxylic acids is 3. The summed E-state index contributed by atoms with van der Waals surface area (Å²) < 4.78 is 16.9. The largest absolute Gasteiger partial charge is 0.462 e. The van der Waals surface area contributed by atoms with E-state index in [4.69, 9.17) is 14.2 Å². The van der Waals surface area contributed by atoms with Crippen LogP contribution in [0.3, 0.4) is 0 Å². The Morgan fingerprint density at radius 1 is 0.253 bits per heavy atom. The van der Waals surface area contributed by atoms with Crippen LogP contribution in [0.15, 0.2) is 122 Å². The normalized spacial score (nSPS) is 12.9. The zero-order valence-corrected chi connectivity index (χ0v) is 54.4. The van der Waals surface area contributed by atoms with Crippen molar-refractivity contribution in [3.8, 4) is 0 Å². The molecule has 0 N–H and O–H groups in total. The molecule has 6 nitrogen and oxygen atoms in total. The molecule has 83 heavy (non-hydrogen) atoms. The Balaban J connectivity index is 4.25. The molecule has 0 heterocycles. The van der Waals surface area contributed by atoms with Gasteiger partial charge in [0.05, 0.1) is 0 Å². The van der Waals surface area contributed by atoms with E-state index in [-0.39, 0.29) is 37.5 Å². The van der Waals surface area contributed by atoms with Gasteiger partial charge in [-0.3, -0.25) is 14.4 Å². The highest BCUT2D eigenvalue weighted by atomic mass is 16.6. The highest BCUT2D eigenvalue weighted by molar-refractivity contribution is 5.71. The number of hydrogen-bond donors (Lipinski definition) is 0. The summed E-state index contributed by atoms with van der Waals surface area (Å²) >= 11 is 0. The van der Waals surface area contributed by atoms with Crippen LogP contribution in [0.1, 0.15) is 329 Å². The van der Waals surface area contributed by atoms with Crippen LogP contribution in [0.5, 0.6) is 0 Å². The number of esters is 3. The molecule has 0 radical (unpaired) electrons. The zero-order valence-electron chi connectivity index (χ0n) is 54.4. The summed E-state index contributed by atoms with van der Waals surface area (Å²) in [5, 5.41) is 0. The maximum absolute atomic E-state index is 12.9. The predicted octanol–water partition coefficient (Wildman–Crippen LogP) is 24.3. The first-order valence-corrected chi connectivity index (χ1v) is 35.0. The van der Waals surface area contributed by atoms with Crippen molar-refractivity contribution in [2.24, 2.45) is 0 Å². The van der Waals surface area contributed by atoms with Crippen LogP contribution in [0, 0.1) is 0 Å². The first-order chi connectivity index (χ1) is 41.0. The van der Waals surface area contributed by atoms with E-state index >= 15 is 0 Å². The van der Waals surface area contributed by atoms with Gasteiger partial charge in [-0.2, -0.15) is 0 Å². The molecule has 0 aliphatic carbocycles. The minimum absolute atomic E-state index is 0.114. The Bertz CT molecular complexity index is 1700. The van der Waals surface area contributed by atoms with Crippen LogP contribution in [0.4, 0.5) is 0 Å². The molecule has 6 heteroatoms. The van der Waals surface area contributed by atoms with Crippen molar-refractivity contribution in [1.29, 1.82) is 0 Å². The second kappa shape index (κ2) is 70.3. The molecule has 0 aromatic heterocycles. The van der Waals surface area contributed by atoms with E-state index < -0.39 is 6.10 Å². The summed E-state index contributed by atoms with van der Waals surface area (Å²) in [6.45, 7) is 6.35. The highest BCUT2D eigenvalue weighted by Crippen LogP contribution is 2.17. The molecule has 0 bridgehead atoms. The number of ether oxygens (including phenoxy) is 3. The van der Waals surface area contributed by atoms with Crippen molar-refractivity contribution in [3.05, 3.63) is 122 Å². The van der Waals surface area contributed by atoms with E-state index in [9.17, 15) is 14.4 Å². The average molecular weight is 1150 g/mol. The van der Waals surface area contributed by atoms with Crippen LogP contribution >= 0.6 is 0 Å². The SMILES string of the molecule is CC/C=C\C/C=C\C/C=C\C/C=C\C/C=C\CCCC(=O)OC(COC(=O)CCCC/C=C\C/C=C\C/C=C\C/C=C\CC)COC(=O)CCCCCCCCCCCCCCCCCCCCCCC/C=C\CCCCCCCCCC. The van der Waals surface area contributed by atoms with Crippen molar-refractivity contribution in [1.82, 2.24) is 0 Å². The van der Waals surface area contributed by atoms with Crippen LogP contribution in [-0.2, 0) is 28.6 Å². The monoisotopic (exact) mass is 1150 g/mol. The van der Waals surface area contributed by atoms with E-state index in [2.05, 4.69) is 142 Å². The molecule has 0 aliphatic heterocycles. The molecule has 0 saturated heterocycles. The fourth-order valence-corrected chi connectivity index (χ4v) is 9.76. The zero-order chi connectivity index (χ0) is 59.9. The second-order valence-electron chi connectivity index (χ2n) is 23.0. The molecule has 0 aromatic carbocycles. The second-order valence-corrected chi connectivity index (χ2v) is 23.0. The van der Waals surface area contributed by atoms with Gasteiger partial charge in [-0.05, 0) is 122 Å². The van der Waals surface area contributed by atoms with Crippen molar-refractivity contribution in [3.63, 3.8) is 0 Å². The Morgan fingerprint density at radius 3 is 0.807 bits per heavy atom. The molecule has 1 atom stereocenters. The first-order valence-electron chi connectivity index (χ1n) is 35.0. The van der Waals surface area contributed by atoms with Gasteiger partial charge in [0.2, 0.25) is 0 Å². The first kappa shape index (κ1) is 78.8. The van der Waals surface area contributed by atoms with E-state index in [0.717, 1.165) is 96.3 Å². The molecule has 0 aliphatic rings. The van der Waals surface area contributed by atoms with Gasteiger partial charge in [0.25, 0.3) is 0 Å². The number of unbranched alkanes of at least 4 members (excludes halogenated alkanes) is 32. The third-order valence-corrected chi connectivity index (χ3v) is 14.9. The topological polar surface area (TPSA) is 78.9 Å². The Morgan fingerprint density at radius 2 is 0.482 bits per heavy atom. The molecular formula is C77H130O6. The number of hydrogen-bond acceptors (Lipinski definition) is 6. The fourth-order valence-electron chi connectivity index (χ4n) is 9.76. The third kappa shape index (κ3) is 68.5. The molecule has 0 saturated carbocycles. The summed E-state index contributed by atoms with van der Waals surface area (Å²) in [6, 6.07) is 0. The quantitative estimate of drug-likeness (QED) is 0.0261.